The molecule has 19 heavy (non-hydrogen) atoms. The van der Waals surface area contributed by atoms with Crippen LogP contribution in [0.15, 0.2) is 36.4 Å². The maximum atomic E-state index is 11.4. The number of hydrogen-bond donors (Lipinski definition) is 2. The number of anilines is 1. The van der Waals surface area contributed by atoms with E-state index in [9.17, 15) is 14.7 Å². The number of hydrogen-bond acceptors (Lipinski definition) is 3. The van der Waals surface area contributed by atoms with Gasteiger partial charge in [-0.15, -0.1) is 0 Å². The third-order valence-corrected chi connectivity index (χ3v) is 2.66. The summed E-state index contributed by atoms with van der Waals surface area (Å²) in [4.78, 5) is 22.8. The molecule has 0 bridgehead atoms. The van der Waals surface area contributed by atoms with Crippen molar-refractivity contribution < 1.29 is 14.7 Å². The first-order valence-electron chi connectivity index (χ1n) is 5.55. The van der Waals surface area contributed by atoms with Crippen molar-refractivity contribution in [3.05, 3.63) is 42.0 Å². The maximum Gasteiger partial charge on any atom is 0.338 e. The van der Waals surface area contributed by atoms with Crippen LogP contribution in [-0.2, 0) is 4.79 Å². The Kier molecular flexibility index (Phi) is 3.44. The van der Waals surface area contributed by atoms with Crippen LogP contribution < -0.4 is 5.32 Å². The topological polar surface area (TPSA) is 90.2 Å². The van der Waals surface area contributed by atoms with Crippen molar-refractivity contribution in [2.75, 3.05) is 5.32 Å². The van der Waals surface area contributed by atoms with Crippen LogP contribution in [0.3, 0.4) is 0 Å². The van der Waals surface area contributed by atoms with Gasteiger partial charge in [0.25, 0.3) is 0 Å². The zero-order chi connectivity index (χ0) is 13.8. The summed E-state index contributed by atoms with van der Waals surface area (Å²) in [7, 11) is 0. The molecule has 5 nitrogen and oxygen atoms in total. The summed E-state index contributed by atoms with van der Waals surface area (Å²) in [6.07, 6.45) is -0.314. The van der Waals surface area contributed by atoms with E-state index in [0.717, 1.165) is 5.39 Å². The van der Waals surface area contributed by atoms with Gasteiger partial charge in [-0.25, -0.2) is 4.79 Å². The second-order valence-corrected chi connectivity index (χ2v) is 3.90. The van der Waals surface area contributed by atoms with Crippen LogP contribution in [0.2, 0.25) is 0 Å². The summed E-state index contributed by atoms with van der Waals surface area (Å²) in [6, 6.07) is 12.0. The molecule has 0 saturated carbocycles. The van der Waals surface area contributed by atoms with Gasteiger partial charge in [-0.2, -0.15) is 5.26 Å². The highest BCUT2D eigenvalue weighted by Gasteiger charge is 2.15. The highest BCUT2D eigenvalue weighted by Crippen LogP contribution is 2.26. The Morgan fingerprint density at radius 2 is 1.95 bits per heavy atom. The summed E-state index contributed by atoms with van der Waals surface area (Å²) >= 11 is 0. The Hall–Kier alpha value is -2.87. The molecule has 0 unspecified atom stereocenters. The molecule has 5 heteroatoms. The normalized spacial score (nSPS) is 9.84. The lowest BCUT2D eigenvalue weighted by atomic mass is 10.0. The number of fused-ring (bicyclic) bond motifs is 1. The molecule has 94 valence electrons. The average Bonchev–Trinajstić information content (AvgIpc) is 2.38. The molecule has 1 amide bonds. The molecule has 0 heterocycles. The Labute approximate surface area is 109 Å². The Morgan fingerprint density at radius 1 is 1.21 bits per heavy atom. The molecular weight excluding hydrogens is 244 g/mol. The lowest BCUT2D eigenvalue weighted by Gasteiger charge is -2.10. The number of carboxylic acids is 1. The molecule has 2 aromatic rings. The van der Waals surface area contributed by atoms with Crippen LogP contribution in [0.5, 0.6) is 0 Å². The SMILES string of the molecule is N#CCC(=O)Nc1ccc2ccccc2c1C(=O)O. The minimum absolute atomic E-state index is 0.0318. The van der Waals surface area contributed by atoms with Crippen molar-refractivity contribution in [2.24, 2.45) is 0 Å². The molecule has 0 atom stereocenters. The first kappa shape index (κ1) is 12.6. The molecule has 0 aliphatic heterocycles. The molecule has 0 radical (unpaired) electrons. The molecule has 0 aromatic heterocycles. The lowest BCUT2D eigenvalue weighted by molar-refractivity contribution is -0.115. The van der Waals surface area contributed by atoms with Gasteiger partial charge < -0.3 is 10.4 Å². The monoisotopic (exact) mass is 254 g/mol. The van der Waals surface area contributed by atoms with Crippen LogP contribution in [-0.4, -0.2) is 17.0 Å². The zero-order valence-electron chi connectivity index (χ0n) is 9.88. The second-order valence-electron chi connectivity index (χ2n) is 3.90. The molecular formula is C14H10N2O3. The number of nitrogens with zero attached hydrogens (tertiary/aromatic N) is 1. The predicted molar refractivity (Wildman–Crippen MR) is 69.8 cm³/mol. The van der Waals surface area contributed by atoms with Gasteiger partial charge >= 0.3 is 5.97 Å². The molecule has 0 spiro atoms. The fourth-order valence-corrected chi connectivity index (χ4v) is 1.87. The molecule has 0 saturated heterocycles. The molecule has 2 rings (SSSR count). The Bertz CT molecular complexity index is 701. The zero-order valence-corrected chi connectivity index (χ0v) is 9.88. The number of nitrogens with one attached hydrogen (secondary N) is 1. The van der Waals surface area contributed by atoms with Gasteiger partial charge in [0.15, 0.2) is 0 Å². The van der Waals surface area contributed by atoms with E-state index in [1.165, 1.54) is 6.07 Å². The molecule has 0 aliphatic rings. The largest absolute Gasteiger partial charge is 0.478 e. The van der Waals surface area contributed by atoms with E-state index in [1.54, 1.807) is 30.3 Å². The molecule has 2 N–H and O–H groups in total. The number of carboxylic acid groups (broad SMARTS) is 1. The van der Waals surface area contributed by atoms with Crippen molar-refractivity contribution in [1.29, 1.82) is 5.26 Å². The van der Waals surface area contributed by atoms with Crippen molar-refractivity contribution in [1.82, 2.24) is 0 Å². The van der Waals surface area contributed by atoms with E-state index in [1.807, 2.05) is 6.07 Å². The van der Waals surface area contributed by atoms with Crippen molar-refractivity contribution in [3.8, 4) is 6.07 Å². The van der Waals surface area contributed by atoms with Crippen molar-refractivity contribution in [3.63, 3.8) is 0 Å². The number of carbonyl (C=O) groups excluding carboxylic acids is 1. The van der Waals surface area contributed by atoms with E-state index in [0.29, 0.717) is 5.39 Å². The van der Waals surface area contributed by atoms with E-state index in [2.05, 4.69) is 5.32 Å². The Balaban J connectivity index is 2.55. The average molecular weight is 254 g/mol. The third kappa shape index (κ3) is 2.53. The molecule has 2 aromatic carbocycles. The van der Waals surface area contributed by atoms with Crippen molar-refractivity contribution >= 4 is 28.3 Å². The quantitative estimate of drug-likeness (QED) is 0.879. The van der Waals surface area contributed by atoms with E-state index < -0.39 is 11.9 Å². The number of aromatic carboxylic acids is 1. The van der Waals surface area contributed by atoms with E-state index in [4.69, 9.17) is 5.26 Å². The van der Waals surface area contributed by atoms with Crippen LogP contribution in [0.1, 0.15) is 16.8 Å². The van der Waals surface area contributed by atoms with Gasteiger partial charge in [0.2, 0.25) is 5.91 Å². The summed E-state index contributed by atoms with van der Waals surface area (Å²) < 4.78 is 0. The van der Waals surface area contributed by atoms with E-state index >= 15 is 0 Å². The van der Waals surface area contributed by atoms with Gasteiger partial charge in [0.05, 0.1) is 17.3 Å². The smallest absolute Gasteiger partial charge is 0.338 e. The first-order chi connectivity index (χ1) is 9.13. The molecule has 0 aliphatic carbocycles. The summed E-state index contributed by atoms with van der Waals surface area (Å²) in [6.45, 7) is 0. The number of benzene rings is 2. The summed E-state index contributed by atoms with van der Waals surface area (Å²) in [5, 5.41) is 21.5. The van der Waals surface area contributed by atoms with Crippen LogP contribution in [0, 0.1) is 11.3 Å². The van der Waals surface area contributed by atoms with Gasteiger partial charge in [0, 0.05) is 0 Å². The summed E-state index contributed by atoms with van der Waals surface area (Å²) in [5.41, 5.74) is 0.232. The van der Waals surface area contributed by atoms with Gasteiger partial charge in [0.1, 0.15) is 6.42 Å². The standard InChI is InChI=1S/C14H10N2O3/c15-8-7-12(17)16-11-6-5-9-3-1-2-4-10(9)13(11)14(18)19/h1-6H,7H2,(H,16,17)(H,18,19). The second kappa shape index (κ2) is 5.19. The fraction of sp³-hybridized carbons (Fsp3) is 0.0714. The van der Waals surface area contributed by atoms with Gasteiger partial charge in [-0.1, -0.05) is 30.3 Å². The highest BCUT2D eigenvalue weighted by atomic mass is 16.4. The van der Waals surface area contributed by atoms with E-state index in [-0.39, 0.29) is 17.7 Å². The van der Waals surface area contributed by atoms with Crippen LogP contribution >= 0.6 is 0 Å². The molecule has 0 fully saturated rings. The Morgan fingerprint density at radius 3 is 2.63 bits per heavy atom. The number of rotatable bonds is 3. The van der Waals surface area contributed by atoms with Crippen LogP contribution in [0.4, 0.5) is 5.69 Å². The minimum atomic E-state index is -1.12. The van der Waals surface area contributed by atoms with Gasteiger partial charge in [-0.3, -0.25) is 4.79 Å². The first-order valence-corrected chi connectivity index (χ1v) is 5.55. The van der Waals surface area contributed by atoms with Crippen molar-refractivity contribution in [2.45, 2.75) is 6.42 Å². The maximum absolute atomic E-state index is 11.4. The highest BCUT2D eigenvalue weighted by molar-refractivity contribution is 6.11. The number of carbonyl (C=O) groups is 2. The van der Waals surface area contributed by atoms with Gasteiger partial charge in [-0.05, 0) is 16.8 Å². The number of amides is 1. The third-order valence-electron chi connectivity index (χ3n) is 2.66. The minimum Gasteiger partial charge on any atom is -0.478 e. The van der Waals surface area contributed by atoms with Crippen LogP contribution in [0.25, 0.3) is 10.8 Å². The predicted octanol–water partition coefficient (Wildman–Crippen LogP) is 2.39. The lowest BCUT2D eigenvalue weighted by Crippen LogP contribution is -2.14. The summed E-state index contributed by atoms with van der Waals surface area (Å²) in [5.74, 6) is -1.65. The fourth-order valence-electron chi connectivity index (χ4n) is 1.87. The number of nitriles is 1.